The van der Waals surface area contributed by atoms with E-state index >= 15 is 0 Å². The van der Waals surface area contributed by atoms with Gasteiger partial charge in [-0.2, -0.15) is 0 Å². The smallest absolute Gasteiger partial charge is 0.0841 e. The lowest BCUT2D eigenvalue weighted by Crippen LogP contribution is -2.33. The molecule has 3 rings (SSSR count). The highest BCUT2D eigenvalue weighted by Gasteiger charge is 2.30. The van der Waals surface area contributed by atoms with Crippen molar-refractivity contribution < 1.29 is 4.74 Å². The molecule has 0 amide bonds. The van der Waals surface area contributed by atoms with Crippen molar-refractivity contribution in [2.45, 2.75) is 38.3 Å². The fourth-order valence-electron chi connectivity index (χ4n) is 2.82. The van der Waals surface area contributed by atoms with Crippen molar-refractivity contribution in [2.24, 2.45) is 0 Å². The van der Waals surface area contributed by atoms with Crippen molar-refractivity contribution in [3.63, 3.8) is 0 Å². The molecule has 1 fully saturated rings. The number of ether oxygens (including phenoxy) is 1. The molecule has 1 N–H and O–H groups in total. The molecule has 0 aliphatic carbocycles. The summed E-state index contributed by atoms with van der Waals surface area (Å²) in [6, 6.07) is 10.3. The van der Waals surface area contributed by atoms with E-state index < -0.39 is 0 Å². The summed E-state index contributed by atoms with van der Waals surface area (Å²) in [6.45, 7) is 3.98. The summed E-state index contributed by atoms with van der Waals surface area (Å²) in [5.74, 6) is 0. The summed E-state index contributed by atoms with van der Waals surface area (Å²) in [5.41, 5.74) is 2.10. The lowest BCUT2D eigenvalue weighted by atomic mass is 10.0. The first kappa shape index (κ1) is 14.2. The average Bonchev–Trinajstić information content (AvgIpc) is 3.20. The van der Waals surface area contributed by atoms with Crippen molar-refractivity contribution in [1.29, 1.82) is 0 Å². The van der Waals surface area contributed by atoms with Gasteiger partial charge in [0.1, 0.15) is 0 Å². The van der Waals surface area contributed by atoms with Crippen LogP contribution in [-0.4, -0.2) is 34.2 Å². The summed E-state index contributed by atoms with van der Waals surface area (Å²) in [6.07, 6.45) is 5.36. The number of rotatable bonds is 6. The van der Waals surface area contributed by atoms with Crippen LogP contribution in [0.25, 0.3) is 5.69 Å². The summed E-state index contributed by atoms with van der Waals surface area (Å²) >= 11 is 0. The van der Waals surface area contributed by atoms with Crippen LogP contribution in [0.3, 0.4) is 0 Å². The Labute approximate surface area is 125 Å². The van der Waals surface area contributed by atoms with E-state index in [-0.39, 0.29) is 12.1 Å². The Kier molecular flexibility index (Phi) is 4.62. The number of para-hydroxylation sites is 1. The second-order valence-electron chi connectivity index (χ2n) is 5.39. The van der Waals surface area contributed by atoms with E-state index in [0.29, 0.717) is 0 Å². The van der Waals surface area contributed by atoms with Gasteiger partial charge in [-0.15, -0.1) is 5.10 Å². The Morgan fingerprint density at radius 1 is 1.38 bits per heavy atom. The van der Waals surface area contributed by atoms with Gasteiger partial charge in [0.15, 0.2) is 0 Å². The summed E-state index contributed by atoms with van der Waals surface area (Å²) in [5, 5.41) is 12.0. The minimum Gasteiger partial charge on any atom is -0.376 e. The van der Waals surface area contributed by atoms with E-state index in [1.54, 1.807) is 0 Å². The van der Waals surface area contributed by atoms with Crippen molar-refractivity contribution in [2.75, 3.05) is 13.2 Å². The van der Waals surface area contributed by atoms with E-state index in [2.05, 4.69) is 22.6 Å². The molecule has 2 heterocycles. The van der Waals surface area contributed by atoms with Crippen LogP contribution in [0, 0.1) is 0 Å². The monoisotopic (exact) mass is 286 g/mol. The van der Waals surface area contributed by atoms with Crippen LogP contribution in [0.2, 0.25) is 0 Å². The Morgan fingerprint density at radius 2 is 2.24 bits per heavy atom. The fourth-order valence-corrected chi connectivity index (χ4v) is 2.82. The number of hydrogen-bond donors (Lipinski definition) is 1. The molecule has 0 spiro atoms. The number of aromatic nitrogens is 3. The van der Waals surface area contributed by atoms with Gasteiger partial charge in [-0.25, -0.2) is 4.68 Å². The molecule has 1 aliphatic heterocycles. The van der Waals surface area contributed by atoms with Crippen LogP contribution < -0.4 is 5.32 Å². The van der Waals surface area contributed by atoms with Gasteiger partial charge in [0.25, 0.3) is 0 Å². The Bertz CT molecular complexity index is 548. The lowest BCUT2D eigenvalue weighted by Gasteiger charge is -2.24. The predicted octanol–water partition coefficient (Wildman–Crippen LogP) is 2.49. The summed E-state index contributed by atoms with van der Waals surface area (Å²) in [4.78, 5) is 0. The van der Waals surface area contributed by atoms with E-state index in [1.165, 1.54) is 0 Å². The van der Waals surface area contributed by atoms with Crippen molar-refractivity contribution in [3.05, 3.63) is 42.2 Å². The quantitative estimate of drug-likeness (QED) is 0.886. The first-order valence-electron chi connectivity index (χ1n) is 7.71. The van der Waals surface area contributed by atoms with E-state index in [0.717, 1.165) is 43.8 Å². The molecular formula is C16H22N4O. The van der Waals surface area contributed by atoms with Crippen LogP contribution in [0.4, 0.5) is 0 Å². The van der Waals surface area contributed by atoms with Crippen LogP contribution >= 0.6 is 0 Å². The third-order valence-electron chi connectivity index (χ3n) is 3.85. The van der Waals surface area contributed by atoms with Crippen LogP contribution in [-0.2, 0) is 4.74 Å². The number of hydrogen-bond acceptors (Lipinski definition) is 4. The second kappa shape index (κ2) is 6.83. The second-order valence-corrected chi connectivity index (χ2v) is 5.39. The third-order valence-corrected chi connectivity index (χ3v) is 3.85. The van der Waals surface area contributed by atoms with E-state index in [9.17, 15) is 0 Å². The van der Waals surface area contributed by atoms with Gasteiger partial charge in [0, 0.05) is 6.61 Å². The maximum atomic E-state index is 5.90. The van der Waals surface area contributed by atoms with Crippen molar-refractivity contribution in [1.82, 2.24) is 20.3 Å². The number of benzene rings is 1. The van der Waals surface area contributed by atoms with E-state index in [1.807, 2.05) is 41.2 Å². The minimum absolute atomic E-state index is 0.141. The molecule has 21 heavy (non-hydrogen) atoms. The fraction of sp³-hybridized carbons (Fsp3) is 0.500. The number of nitrogens with one attached hydrogen (secondary N) is 1. The van der Waals surface area contributed by atoms with Gasteiger partial charge in [0.2, 0.25) is 0 Å². The molecule has 1 aliphatic rings. The Hall–Kier alpha value is -1.72. The molecule has 2 atom stereocenters. The summed E-state index contributed by atoms with van der Waals surface area (Å²) in [7, 11) is 0. The van der Waals surface area contributed by atoms with Gasteiger partial charge in [-0.05, 0) is 37.9 Å². The molecule has 0 bridgehead atoms. The zero-order valence-corrected chi connectivity index (χ0v) is 12.4. The molecule has 1 saturated heterocycles. The third kappa shape index (κ3) is 3.14. The maximum absolute atomic E-state index is 5.90. The molecule has 1 aromatic heterocycles. The molecule has 0 radical (unpaired) electrons. The Morgan fingerprint density at radius 3 is 2.95 bits per heavy atom. The zero-order chi connectivity index (χ0) is 14.5. The molecule has 2 unspecified atom stereocenters. The van der Waals surface area contributed by atoms with Gasteiger partial charge in [0.05, 0.1) is 29.7 Å². The van der Waals surface area contributed by atoms with Crippen molar-refractivity contribution >= 4 is 0 Å². The SMILES string of the molecule is CCCNC(c1cnnn1-c1ccccc1)C1CCCO1. The highest BCUT2D eigenvalue weighted by Crippen LogP contribution is 2.27. The topological polar surface area (TPSA) is 52.0 Å². The van der Waals surface area contributed by atoms with Crippen LogP contribution in [0.15, 0.2) is 36.5 Å². The van der Waals surface area contributed by atoms with Crippen LogP contribution in [0.1, 0.15) is 37.9 Å². The van der Waals surface area contributed by atoms with Gasteiger partial charge >= 0.3 is 0 Å². The zero-order valence-electron chi connectivity index (χ0n) is 12.4. The van der Waals surface area contributed by atoms with E-state index in [4.69, 9.17) is 4.74 Å². The number of nitrogens with zero attached hydrogens (tertiary/aromatic N) is 3. The van der Waals surface area contributed by atoms with Gasteiger partial charge in [-0.3, -0.25) is 0 Å². The maximum Gasteiger partial charge on any atom is 0.0841 e. The summed E-state index contributed by atoms with van der Waals surface area (Å²) < 4.78 is 7.81. The predicted molar refractivity (Wildman–Crippen MR) is 81.4 cm³/mol. The Balaban J connectivity index is 1.90. The average molecular weight is 286 g/mol. The molecule has 2 aromatic rings. The first-order chi connectivity index (χ1) is 10.4. The molecule has 5 nitrogen and oxygen atoms in total. The molecule has 112 valence electrons. The largest absolute Gasteiger partial charge is 0.376 e. The molecule has 1 aromatic carbocycles. The van der Waals surface area contributed by atoms with Crippen LogP contribution in [0.5, 0.6) is 0 Å². The molecule has 5 heteroatoms. The van der Waals surface area contributed by atoms with Gasteiger partial charge < -0.3 is 10.1 Å². The highest BCUT2D eigenvalue weighted by molar-refractivity contribution is 5.32. The molecular weight excluding hydrogens is 264 g/mol. The normalized spacial score (nSPS) is 19.8. The standard InChI is InChI=1S/C16H22N4O/c1-2-10-17-16(15-9-6-11-21-15)14-12-18-19-20(14)13-7-4-3-5-8-13/h3-5,7-8,12,15-17H,2,6,9-11H2,1H3. The lowest BCUT2D eigenvalue weighted by molar-refractivity contribution is 0.0762. The van der Waals surface area contributed by atoms with Gasteiger partial charge in [-0.1, -0.05) is 30.3 Å². The molecule has 0 saturated carbocycles. The first-order valence-corrected chi connectivity index (χ1v) is 7.71. The minimum atomic E-state index is 0.141. The highest BCUT2D eigenvalue weighted by atomic mass is 16.5. The van der Waals surface area contributed by atoms with Crippen molar-refractivity contribution in [3.8, 4) is 5.69 Å².